The molecule has 0 aliphatic carbocycles. The quantitative estimate of drug-likeness (QED) is 0.452. The molecule has 2 N–H and O–H groups in total. The third kappa shape index (κ3) is 3.53. The first-order valence-electron chi connectivity index (χ1n) is 1.87. The summed E-state index contributed by atoms with van der Waals surface area (Å²) in [6.45, 7) is 0.124. The van der Waals surface area contributed by atoms with Crippen LogP contribution in [0.25, 0.3) is 0 Å². The maximum absolute atomic E-state index is 10.1. The van der Waals surface area contributed by atoms with Crippen LogP contribution < -0.4 is 10.6 Å². The summed E-state index contributed by atoms with van der Waals surface area (Å²) < 4.78 is 0. The summed E-state index contributed by atoms with van der Waals surface area (Å²) in [4.78, 5) is 20.1. The van der Waals surface area contributed by atoms with Crippen LogP contribution in [0.1, 0.15) is 0 Å². The number of nitrogens with one attached hydrogen (secondary N) is 2. The summed E-state index contributed by atoms with van der Waals surface area (Å²) in [5, 5.41) is 4.30. The zero-order valence-corrected chi connectivity index (χ0v) is 7.22. The molecule has 6 heteroatoms. The van der Waals surface area contributed by atoms with E-state index in [-0.39, 0.29) is 47.2 Å². The van der Waals surface area contributed by atoms with Crippen LogP contribution in [0.5, 0.6) is 0 Å². The van der Waals surface area contributed by atoms with Crippen LogP contribution in [0.2, 0.25) is 0 Å². The van der Waals surface area contributed by atoms with Gasteiger partial charge in [0.15, 0.2) is 0 Å². The van der Waals surface area contributed by atoms with Gasteiger partial charge in [0, 0.05) is 22.4 Å². The summed E-state index contributed by atoms with van der Waals surface area (Å²) in [6.07, 6.45) is 0. The molecule has 1 aliphatic rings. The van der Waals surface area contributed by atoms with Crippen molar-refractivity contribution in [2.45, 2.75) is 0 Å². The van der Waals surface area contributed by atoms with Gasteiger partial charge in [-0.15, -0.1) is 12.4 Å². The minimum Gasteiger partial charge on any atom is -0.329 e. The van der Waals surface area contributed by atoms with Crippen LogP contribution in [0.4, 0.5) is 4.79 Å². The molecule has 0 unspecified atom stereocenters. The number of hydrogen-bond donors (Lipinski definition) is 2. The molecule has 3 amide bonds. The SMILES string of the molecule is Cl.O=C1CNC(=O)N1.[Au]. The van der Waals surface area contributed by atoms with Crippen molar-refractivity contribution in [3.05, 3.63) is 0 Å². The maximum atomic E-state index is 10.1. The molecule has 1 saturated heterocycles. The van der Waals surface area contributed by atoms with Crippen molar-refractivity contribution < 1.29 is 32.0 Å². The molecule has 4 nitrogen and oxygen atoms in total. The van der Waals surface area contributed by atoms with Crippen molar-refractivity contribution in [2.24, 2.45) is 0 Å². The minimum absolute atomic E-state index is 0. The Balaban J connectivity index is 0. The van der Waals surface area contributed by atoms with E-state index in [2.05, 4.69) is 5.32 Å². The van der Waals surface area contributed by atoms with Crippen molar-refractivity contribution in [1.29, 1.82) is 0 Å². The molecular weight excluding hydrogens is 328 g/mol. The summed E-state index contributed by atoms with van der Waals surface area (Å²) in [5.41, 5.74) is 0. The van der Waals surface area contributed by atoms with Crippen LogP contribution in [0, 0.1) is 0 Å². The average Bonchev–Trinajstić information content (AvgIpc) is 1.87. The average molecular weight is 334 g/mol. The van der Waals surface area contributed by atoms with Gasteiger partial charge in [-0.1, -0.05) is 0 Å². The Morgan fingerprint density at radius 3 is 2.00 bits per heavy atom. The Kier molecular flexibility index (Phi) is 6.27. The molecule has 1 aliphatic heterocycles. The normalized spacial score (nSPS) is 14.7. The van der Waals surface area contributed by atoms with E-state index in [1.807, 2.05) is 5.32 Å². The van der Waals surface area contributed by atoms with Crippen molar-refractivity contribution in [3.8, 4) is 0 Å². The summed E-state index contributed by atoms with van der Waals surface area (Å²) in [7, 11) is 0. The van der Waals surface area contributed by atoms with E-state index >= 15 is 0 Å². The van der Waals surface area contributed by atoms with E-state index in [4.69, 9.17) is 0 Å². The molecule has 1 radical (unpaired) electrons. The third-order valence-electron chi connectivity index (χ3n) is 0.662. The van der Waals surface area contributed by atoms with Gasteiger partial charge in [0.2, 0.25) is 5.91 Å². The first-order chi connectivity index (χ1) is 3.29. The second-order valence-electron chi connectivity index (χ2n) is 1.23. The number of carbonyl (C=O) groups excluding carboxylic acids is 2. The van der Waals surface area contributed by atoms with Crippen LogP contribution in [-0.4, -0.2) is 18.5 Å². The van der Waals surface area contributed by atoms with E-state index in [0.29, 0.717) is 0 Å². The van der Waals surface area contributed by atoms with Crippen LogP contribution in [0.15, 0.2) is 0 Å². The molecule has 0 bridgehead atoms. The monoisotopic (exact) mass is 333 g/mol. The van der Waals surface area contributed by atoms with Crippen LogP contribution in [-0.2, 0) is 27.2 Å². The molecular formula is C3H5AuClN2O2. The van der Waals surface area contributed by atoms with Gasteiger partial charge in [0.1, 0.15) is 0 Å². The first-order valence-corrected chi connectivity index (χ1v) is 1.87. The summed E-state index contributed by atoms with van der Waals surface area (Å²) in [5.74, 6) is -0.259. The molecule has 1 rings (SSSR count). The molecule has 57 valence electrons. The topological polar surface area (TPSA) is 58.2 Å². The largest absolute Gasteiger partial charge is 0.329 e. The van der Waals surface area contributed by atoms with E-state index in [1.165, 1.54) is 0 Å². The Labute approximate surface area is 73.7 Å². The number of hydrogen-bond acceptors (Lipinski definition) is 2. The number of carbonyl (C=O) groups is 2. The predicted molar refractivity (Wildman–Crippen MR) is 28.8 cm³/mol. The fraction of sp³-hybridized carbons (Fsp3) is 0.333. The summed E-state index contributed by atoms with van der Waals surface area (Å²) >= 11 is 0. The molecule has 9 heavy (non-hydrogen) atoms. The van der Waals surface area contributed by atoms with Gasteiger partial charge in [-0.05, 0) is 0 Å². The zero-order chi connectivity index (χ0) is 5.28. The second-order valence-corrected chi connectivity index (χ2v) is 1.23. The van der Waals surface area contributed by atoms with Crippen LogP contribution >= 0.6 is 12.4 Å². The van der Waals surface area contributed by atoms with Crippen molar-refractivity contribution in [3.63, 3.8) is 0 Å². The van der Waals surface area contributed by atoms with Gasteiger partial charge in [0.05, 0.1) is 6.54 Å². The van der Waals surface area contributed by atoms with Gasteiger partial charge < -0.3 is 5.32 Å². The maximum Gasteiger partial charge on any atom is 0.321 e. The Hall–Kier alpha value is -0.0297. The van der Waals surface area contributed by atoms with Gasteiger partial charge in [0.25, 0.3) is 0 Å². The molecule has 0 spiro atoms. The standard InChI is InChI=1S/C3H4N2O2.Au.ClH/c6-2-1-4-3(7)5-2;;/h1H2,(H2,4,5,6,7);;1H. The Morgan fingerprint density at radius 2 is 1.89 bits per heavy atom. The van der Waals surface area contributed by atoms with Crippen LogP contribution in [0.3, 0.4) is 0 Å². The minimum atomic E-state index is -0.398. The smallest absolute Gasteiger partial charge is 0.321 e. The fourth-order valence-electron chi connectivity index (χ4n) is 0.376. The predicted octanol–water partition coefficient (Wildman–Crippen LogP) is -0.755. The zero-order valence-electron chi connectivity index (χ0n) is 4.23. The second kappa shape index (κ2) is 4.81. The summed E-state index contributed by atoms with van der Waals surface area (Å²) in [6, 6.07) is -0.398. The molecule has 1 heterocycles. The van der Waals surface area contributed by atoms with E-state index in [1.54, 1.807) is 0 Å². The van der Waals surface area contributed by atoms with Crippen molar-refractivity contribution in [1.82, 2.24) is 10.6 Å². The molecule has 0 atom stereocenters. The van der Waals surface area contributed by atoms with E-state index in [9.17, 15) is 9.59 Å². The molecule has 0 aromatic carbocycles. The fourth-order valence-corrected chi connectivity index (χ4v) is 0.376. The van der Waals surface area contributed by atoms with Crippen molar-refractivity contribution in [2.75, 3.05) is 6.54 Å². The molecule has 0 aromatic rings. The number of rotatable bonds is 0. The van der Waals surface area contributed by atoms with E-state index < -0.39 is 6.03 Å². The van der Waals surface area contributed by atoms with E-state index in [0.717, 1.165) is 0 Å². The third-order valence-corrected chi connectivity index (χ3v) is 0.662. The van der Waals surface area contributed by atoms with Crippen molar-refractivity contribution >= 4 is 24.3 Å². The number of halogens is 1. The van der Waals surface area contributed by atoms with Gasteiger partial charge in [-0.2, -0.15) is 0 Å². The molecule has 1 fully saturated rings. The first kappa shape index (κ1) is 11.7. The van der Waals surface area contributed by atoms with Gasteiger partial charge in [-0.25, -0.2) is 4.79 Å². The number of urea groups is 1. The molecule has 0 saturated carbocycles. The number of amides is 3. The van der Waals surface area contributed by atoms with Gasteiger partial charge in [-0.3, -0.25) is 10.1 Å². The molecule has 0 aromatic heterocycles. The number of imide groups is 1. The van der Waals surface area contributed by atoms with Gasteiger partial charge >= 0.3 is 6.03 Å². The Morgan fingerprint density at radius 1 is 1.33 bits per heavy atom. The Bertz CT molecular complexity index is 115.